The van der Waals surface area contributed by atoms with E-state index in [2.05, 4.69) is 5.32 Å². The molecule has 0 unspecified atom stereocenters. The summed E-state index contributed by atoms with van der Waals surface area (Å²) in [6, 6.07) is 21.1. The van der Waals surface area contributed by atoms with E-state index in [9.17, 15) is 9.59 Å². The molecule has 0 saturated heterocycles. The second kappa shape index (κ2) is 7.99. The van der Waals surface area contributed by atoms with Gasteiger partial charge in [-0.15, -0.1) is 0 Å². The largest absolute Gasteiger partial charge is 0.352 e. The summed E-state index contributed by atoms with van der Waals surface area (Å²) in [4.78, 5) is 25.5. The van der Waals surface area contributed by atoms with Gasteiger partial charge in [0, 0.05) is 23.1 Å². The maximum absolute atomic E-state index is 12.9. The molecule has 152 valence electrons. The Balaban J connectivity index is 2.04. The Hall–Kier alpha value is -3.67. The number of hydrogen-bond donors (Lipinski definition) is 1. The van der Waals surface area contributed by atoms with Gasteiger partial charge in [-0.05, 0) is 38.5 Å². The van der Waals surface area contributed by atoms with E-state index in [-0.39, 0.29) is 24.1 Å². The van der Waals surface area contributed by atoms with Crippen molar-refractivity contribution < 1.29 is 4.79 Å². The van der Waals surface area contributed by atoms with Crippen LogP contribution in [-0.2, 0) is 11.3 Å². The highest BCUT2D eigenvalue weighted by Crippen LogP contribution is 2.31. The minimum Gasteiger partial charge on any atom is -0.352 e. The van der Waals surface area contributed by atoms with Crippen LogP contribution >= 0.6 is 0 Å². The molecule has 4 rings (SSSR count). The van der Waals surface area contributed by atoms with Crippen molar-refractivity contribution in [3.8, 4) is 16.9 Å². The molecule has 0 spiro atoms. The number of nitrogens with zero attached hydrogens (tertiary/aromatic N) is 3. The van der Waals surface area contributed by atoms with Crippen LogP contribution in [0.1, 0.15) is 19.4 Å². The second-order valence-electron chi connectivity index (χ2n) is 7.63. The number of aryl methyl sites for hydroxylation is 1. The summed E-state index contributed by atoms with van der Waals surface area (Å²) in [6.45, 7) is 5.63. The van der Waals surface area contributed by atoms with Crippen molar-refractivity contribution in [2.24, 2.45) is 0 Å². The number of fused-ring (bicyclic) bond motifs is 1. The fourth-order valence-electron chi connectivity index (χ4n) is 3.67. The van der Waals surface area contributed by atoms with E-state index in [1.165, 1.54) is 4.57 Å². The SMILES string of the molecule is Cc1cc(=O)n(CC(=O)NC(C)C)c2c1c(-c1ccccc1)nn2-c1ccccc1. The van der Waals surface area contributed by atoms with Crippen molar-refractivity contribution in [2.45, 2.75) is 33.4 Å². The Morgan fingerprint density at radius 3 is 2.30 bits per heavy atom. The summed E-state index contributed by atoms with van der Waals surface area (Å²) in [7, 11) is 0. The summed E-state index contributed by atoms with van der Waals surface area (Å²) in [6.07, 6.45) is 0. The number of amides is 1. The molecule has 0 radical (unpaired) electrons. The van der Waals surface area contributed by atoms with Crippen LogP contribution in [0, 0.1) is 6.92 Å². The molecule has 30 heavy (non-hydrogen) atoms. The van der Waals surface area contributed by atoms with Crippen LogP contribution in [0.2, 0.25) is 0 Å². The maximum Gasteiger partial charge on any atom is 0.252 e. The molecular weight excluding hydrogens is 376 g/mol. The molecule has 0 aliphatic carbocycles. The average molecular weight is 400 g/mol. The average Bonchev–Trinajstić information content (AvgIpc) is 3.13. The quantitative estimate of drug-likeness (QED) is 0.556. The molecule has 2 heterocycles. The van der Waals surface area contributed by atoms with Gasteiger partial charge in [-0.3, -0.25) is 14.2 Å². The van der Waals surface area contributed by atoms with Crippen molar-refractivity contribution in [1.29, 1.82) is 0 Å². The Bertz CT molecular complexity index is 1260. The molecule has 0 aliphatic rings. The molecule has 6 heteroatoms. The Morgan fingerprint density at radius 2 is 1.67 bits per heavy atom. The highest BCUT2D eigenvalue weighted by Gasteiger charge is 2.21. The number of aromatic nitrogens is 3. The monoisotopic (exact) mass is 400 g/mol. The maximum atomic E-state index is 12.9. The number of nitrogens with one attached hydrogen (secondary N) is 1. The molecule has 0 fully saturated rings. The zero-order chi connectivity index (χ0) is 21.3. The van der Waals surface area contributed by atoms with Crippen LogP contribution < -0.4 is 10.9 Å². The van der Waals surface area contributed by atoms with Gasteiger partial charge >= 0.3 is 0 Å². The molecule has 0 atom stereocenters. The third-order valence-electron chi connectivity index (χ3n) is 4.92. The fourth-order valence-corrected chi connectivity index (χ4v) is 3.67. The van der Waals surface area contributed by atoms with Crippen molar-refractivity contribution >= 4 is 16.9 Å². The zero-order valence-electron chi connectivity index (χ0n) is 17.3. The number of pyridine rings is 1. The summed E-state index contributed by atoms with van der Waals surface area (Å²) in [5.41, 5.74) is 3.78. The summed E-state index contributed by atoms with van der Waals surface area (Å²) in [5, 5.41) is 8.62. The van der Waals surface area contributed by atoms with E-state index in [1.54, 1.807) is 10.7 Å². The van der Waals surface area contributed by atoms with Gasteiger partial charge < -0.3 is 5.32 Å². The third-order valence-corrected chi connectivity index (χ3v) is 4.92. The molecule has 0 aliphatic heterocycles. The third kappa shape index (κ3) is 3.64. The van der Waals surface area contributed by atoms with Gasteiger partial charge in [0.1, 0.15) is 17.9 Å². The number of para-hydroxylation sites is 1. The topological polar surface area (TPSA) is 68.9 Å². The predicted octanol–water partition coefficient (Wildman–Crippen LogP) is 3.69. The molecule has 1 amide bonds. The zero-order valence-corrected chi connectivity index (χ0v) is 17.3. The number of rotatable bonds is 5. The summed E-state index contributed by atoms with van der Waals surface area (Å²) >= 11 is 0. The van der Waals surface area contributed by atoms with Crippen LogP contribution in [0.5, 0.6) is 0 Å². The number of hydrogen-bond acceptors (Lipinski definition) is 3. The highest BCUT2D eigenvalue weighted by atomic mass is 16.2. The van der Waals surface area contributed by atoms with E-state index in [4.69, 9.17) is 5.10 Å². The van der Waals surface area contributed by atoms with Crippen molar-refractivity contribution in [3.05, 3.63) is 82.6 Å². The first-order valence-electron chi connectivity index (χ1n) is 9.99. The van der Waals surface area contributed by atoms with Crippen LogP contribution in [0.4, 0.5) is 0 Å². The Kier molecular flexibility index (Phi) is 5.23. The molecule has 0 bridgehead atoms. The molecule has 1 N–H and O–H groups in total. The minimum absolute atomic E-state index is 0.00643. The van der Waals surface area contributed by atoms with E-state index in [0.29, 0.717) is 5.65 Å². The van der Waals surface area contributed by atoms with E-state index >= 15 is 0 Å². The lowest BCUT2D eigenvalue weighted by atomic mass is 10.1. The minimum atomic E-state index is -0.226. The first-order valence-corrected chi connectivity index (χ1v) is 9.99. The fraction of sp³-hybridized carbons (Fsp3) is 0.208. The van der Waals surface area contributed by atoms with Crippen molar-refractivity contribution in [1.82, 2.24) is 19.7 Å². The van der Waals surface area contributed by atoms with Gasteiger partial charge in [0.25, 0.3) is 5.56 Å². The summed E-state index contributed by atoms with van der Waals surface area (Å²) < 4.78 is 3.27. The number of carbonyl (C=O) groups excluding carboxylic acids is 1. The Morgan fingerprint density at radius 1 is 1.03 bits per heavy atom. The smallest absolute Gasteiger partial charge is 0.252 e. The van der Waals surface area contributed by atoms with Gasteiger partial charge in [0.05, 0.1) is 5.69 Å². The van der Waals surface area contributed by atoms with Gasteiger partial charge in [0.15, 0.2) is 0 Å². The molecular formula is C24H24N4O2. The van der Waals surface area contributed by atoms with Gasteiger partial charge in [0.2, 0.25) is 5.91 Å². The number of benzene rings is 2. The number of carbonyl (C=O) groups is 1. The van der Waals surface area contributed by atoms with Gasteiger partial charge in [-0.25, -0.2) is 4.68 Å². The van der Waals surface area contributed by atoms with Crippen molar-refractivity contribution in [2.75, 3.05) is 0 Å². The molecule has 6 nitrogen and oxygen atoms in total. The van der Waals surface area contributed by atoms with Crippen LogP contribution in [-0.4, -0.2) is 26.3 Å². The lowest BCUT2D eigenvalue weighted by Crippen LogP contribution is -2.36. The van der Waals surface area contributed by atoms with E-state index in [1.807, 2.05) is 81.4 Å². The van der Waals surface area contributed by atoms with E-state index in [0.717, 1.165) is 27.9 Å². The van der Waals surface area contributed by atoms with Gasteiger partial charge in [-0.2, -0.15) is 5.10 Å². The van der Waals surface area contributed by atoms with Crippen LogP contribution in [0.25, 0.3) is 28.0 Å². The second-order valence-corrected chi connectivity index (χ2v) is 7.63. The van der Waals surface area contributed by atoms with Gasteiger partial charge in [-0.1, -0.05) is 48.5 Å². The lowest BCUT2D eigenvalue weighted by Gasteiger charge is -2.13. The van der Waals surface area contributed by atoms with Crippen LogP contribution in [0.3, 0.4) is 0 Å². The Labute approximate surface area is 174 Å². The molecule has 2 aromatic heterocycles. The predicted molar refractivity (Wildman–Crippen MR) is 119 cm³/mol. The van der Waals surface area contributed by atoms with E-state index < -0.39 is 0 Å². The lowest BCUT2D eigenvalue weighted by molar-refractivity contribution is -0.122. The summed E-state index contributed by atoms with van der Waals surface area (Å²) in [5.74, 6) is -0.209. The first-order chi connectivity index (χ1) is 14.5. The first kappa shape index (κ1) is 19.6. The standard InChI is InChI=1S/C24H24N4O2/c1-16(2)25-20(29)15-27-21(30)14-17(3)22-23(18-10-6-4-7-11-18)26-28(24(22)27)19-12-8-5-9-13-19/h4-14,16H,15H2,1-3H3,(H,25,29). The molecule has 0 saturated carbocycles. The highest BCUT2D eigenvalue weighted by molar-refractivity contribution is 5.95. The van der Waals surface area contributed by atoms with Crippen LogP contribution in [0.15, 0.2) is 71.5 Å². The van der Waals surface area contributed by atoms with Crippen molar-refractivity contribution in [3.63, 3.8) is 0 Å². The normalized spacial score (nSPS) is 11.2. The molecule has 4 aromatic rings. The molecule has 2 aromatic carbocycles.